The molecule has 0 saturated heterocycles. The molecule has 254 valence electrons. The number of rotatable bonds is 32. The minimum Gasteiger partial charge on any atom is -0.356 e. The second-order valence-electron chi connectivity index (χ2n) is 13.9. The van der Waals surface area contributed by atoms with Crippen LogP contribution in [0, 0.1) is 11.8 Å². The summed E-state index contributed by atoms with van der Waals surface area (Å²) in [6.07, 6.45) is 40.5. The molecule has 0 radical (unpaired) electrons. The highest BCUT2D eigenvalue weighted by atomic mass is 16.2. The van der Waals surface area contributed by atoms with Crippen molar-refractivity contribution in [3.05, 3.63) is 0 Å². The molecule has 0 aromatic heterocycles. The van der Waals surface area contributed by atoms with Crippen molar-refractivity contribution in [3.8, 4) is 0 Å². The van der Waals surface area contributed by atoms with Crippen LogP contribution in [0.3, 0.4) is 0 Å². The molecule has 2 N–H and O–H groups in total. The van der Waals surface area contributed by atoms with E-state index in [1.807, 2.05) is 0 Å². The van der Waals surface area contributed by atoms with Crippen LogP contribution < -0.4 is 10.6 Å². The highest BCUT2D eigenvalue weighted by Crippen LogP contribution is 2.32. The van der Waals surface area contributed by atoms with Gasteiger partial charge in [-0.3, -0.25) is 9.59 Å². The summed E-state index contributed by atoms with van der Waals surface area (Å²) in [5.74, 6) is -0.0151. The molecular weight excluding hydrogens is 528 g/mol. The molecule has 1 fully saturated rings. The van der Waals surface area contributed by atoms with Gasteiger partial charge in [0, 0.05) is 24.9 Å². The summed E-state index contributed by atoms with van der Waals surface area (Å²) in [6.45, 7) is 6.10. The molecular formula is C39H76N2O2. The highest BCUT2D eigenvalue weighted by Gasteiger charge is 2.37. The van der Waals surface area contributed by atoms with Gasteiger partial charge in [0.1, 0.15) is 0 Å². The largest absolute Gasteiger partial charge is 0.356 e. The quantitative estimate of drug-likeness (QED) is 0.0750. The van der Waals surface area contributed by atoms with Gasteiger partial charge in [0.05, 0.1) is 0 Å². The predicted octanol–water partition coefficient (Wildman–Crippen LogP) is 11.6. The average Bonchev–Trinajstić information content (AvgIpc) is 3.51. The lowest BCUT2D eigenvalue weighted by Gasteiger charge is -2.19. The van der Waals surface area contributed by atoms with Crippen LogP contribution in [-0.4, -0.2) is 24.9 Å². The summed E-state index contributed by atoms with van der Waals surface area (Å²) in [5, 5.41) is 6.31. The summed E-state index contributed by atoms with van der Waals surface area (Å²) in [4.78, 5) is 25.6. The summed E-state index contributed by atoms with van der Waals surface area (Å²) in [6, 6.07) is 0. The second kappa shape index (κ2) is 30.9. The Kier molecular flexibility index (Phi) is 28.8. The number of carbonyl (C=O) groups excluding carboxylic acids is 2. The van der Waals surface area contributed by atoms with Crippen molar-refractivity contribution in [3.63, 3.8) is 0 Å². The van der Waals surface area contributed by atoms with E-state index in [9.17, 15) is 9.59 Å². The van der Waals surface area contributed by atoms with E-state index in [1.54, 1.807) is 0 Å². The van der Waals surface area contributed by atoms with E-state index in [-0.39, 0.29) is 23.7 Å². The lowest BCUT2D eigenvalue weighted by molar-refractivity contribution is -0.133. The number of hydrogen-bond donors (Lipinski definition) is 2. The number of nitrogens with one attached hydrogen (secondary N) is 2. The summed E-state index contributed by atoms with van der Waals surface area (Å²) < 4.78 is 0. The zero-order valence-corrected chi connectivity index (χ0v) is 29.3. The number of amides is 2. The molecule has 1 saturated carbocycles. The standard InChI is InChI=1S/C39H76N2O2/c1-3-5-7-9-11-13-15-17-19-21-23-25-27-29-34-40-38(42)36-32-31-33-37(36)39(43)41-35-30-28-26-24-22-20-18-16-14-12-10-8-6-4-2/h36-37H,3-35H2,1-2H3,(H,40,42)(H,41,43)/t36-,37-/m1/s1. The lowest BCUT2D eigenvalue weighted by atomic mass is 9.94. The maximum absolute atomic E-state index is 12.8. The predicted molar refractivity (Wildman–Crippen MR) is 187 cm³/mol. The van der Waals surface area contributed by atoms with E-state index in [0.717, 1.165) is 45.2 Å². The van der Waals surface area contributed by atoms with E-state index < -0.39 is 0 Å². The van der Waals surface area contributed by atoms with Crippen molar-refractivity contribution in [2.45, 2.75) is 213 Å². The minimum absolute atomic E-state index is 0.115. The molecule has 43 heavy (non-hydrogen) atoms. The lowest BCUT2D eigenvalue weighted by Crippen LogP contribution is -2.40. The van der Waals surface area contributed by atoms with Gasteiger partial charge in [-0.2, -0.15) is 0 Å². The van der Waals surface area contributed by atoms with Crippen LogP contribution in [0.5, 0.6) is 0 Å². The molecule has 0 aromatic rings. The fraction of sp³-hybridized carbons (Fsp3) is 0.949. The molecule has 0 bridgehead atoms. The Hall–Kier alpha value is -1.06. The van der Waals surface area contributed by atoms with Crippen molar-refractivity contribution < 1.29 is 9.59 Å². The van der Waals surface area contributed by atoms with Crippen LogP contribution in [0.4, 0.5) is 0 Å². The van der Waals surface area contributed by atoms with Gasteiger partial charge >= 0.3 is 0 Å². The molecule has 4 heteroatoms. The van der Waals surface area contributed by atoms with Gasteiger partial charge in [-0.25, -0.2) is 0 Å². The van der Waals surface area contributed by atoms with Gasteiger partial charge in [-0.1, -0.05) is 187 Å². The Morgan fingerprint density at radius 1 is 0.395 bits per heavy atom. The third-order valence-corrected chi connectivity index (χ3v) is 9.85. The van der Waals surface area contributed by atoms with Gasteiger partial charge < -0.3 is 10.6 Å². The molecule has 0 aliphatic heterocycles. The highest BCUT2D eigenvalue weighted by molar-refractivity contribution is 5.88. The van der Waals surface area contributed by atoms with Crippen LogP contribution in [0.15, 0.2) is 0 Å². The topological polar surface area (TPSA) is 58.2 Å². The molecule has 2 atom stereocenters. The van der Waals surface area contributed by atoms with Gasteiger partial charge in [0.2, 0.25) is 11.8 Å². The molecule has 0 heterocycles. The van der Waals surface area contributed by atoms with Gasteiger partial charge in [-0.15, -0.1) is 0 Å². The van der Waals surface area contributed by atoms with Crippen LogP contribution in [0.1, 0.15) is 213 Å². The molecule has 1 aliphatic carbocycles. The van der Waals surface area contributed by atoms with Crippen LogP contribution in [0.2, 0.25) is 0 Å². The first-order valence-corrected chi connectivity index (χ1v) is 19.8. The fourth-order valence-corrected chi connectivity index (χ4v) is 6.91. The molecule has 0 aromatic carbocycles. The molecule has 1 rings (SSSR count). The van der Waals surface area contributed by atoms with E-state index >= 15 is 0 Å². The first kappa shape index (κ1) is 40.0. The first-order valence-electron chi connectivity index (χ1n) is 19.8. The van der Waals surface area contributed by atoms with Gasteiger partial charge in [0.15, 0.2) is 0 Å². The maximum Gasteiger partial charge on any atom is 0.223 e. The summed E-state index contributed by atoms with van der Waals surface area (Å²) in [5.41, 5.74) is 0. The SMILES string of the molecule is CCCCCCCCCCCCCCCCNC(=O)[C@@H]1CCC[C@H]1C(=O)NCCCCCCCCCCCCCCCC. The number of unbranched alkanes of at least 4 members (excludes halogenated alkanes) is 26. The van der Waals surface area contributed by atoms with E-state index in [0.29, 0.717) is 0 Å². The maximum atomic E-state index is 12.8. The van der Waals surface area contributed by atoms with Crippen molar-refractivity contribution in [2.75, 3.05) is 13.1 Å². The smallest absolute Gasteiger partial charge is 0.223 e. The van der Waals surface area contributed by atoms with Gasteiger partial charge in [0.25, 0.3) is 0 Å². The van der Waals surface area contributed by atoms with Gasteiger partial charge in [-0.05, 0) is 25.7 Å². The summed E-state index contributed by atoms with van der Waals surface area (Å²) in [7, 11) is 0. The third kappa shape index (κ3) is 23.9. The number of hydrogen-bond acceptors (Lipinski definition) is 2. The molecule has 1 aliphatic rings. The second-order valence-corrected chi connectivity index (χ2v) is 13.9. The van der Waals surface area contributed by atoms with Crippen molar-refractivity contribution in [2.24, 2.45) is 11.8 Å². The number of carbonyl (C=O) groups is 2. The van der Waals surface area contributed by atoms with E-state index in [2.05, 4.69) is 24.5 Å². The fourth-order valence-electron chi connectivity index (χ4n) is 6.91. The van der Waals surface area contributed by atoms with Crippen molar-refractivity contribution >= 4 is 11.8 Å². The normalized spacial score (nSPS) is 16.5. The third-order valence-electron chi connectivity index (χ3n) is 9.85. The van der Waals surface area contributed by atoms with Crippen molar-refractivity contribution in [1.82, 2.24) is 10.6 Å². The Morgan fingerprint density at radius 3 is 0.884 bits per heavy atom. The zero-order chi connectivity index (χ0) is 31.1. The molecule has 0 spiro atoms. The minimum atomic E-state index is -0.122. The molecule has 2 amide bonds. The first-order chi connectivity index (χ1) is 21.2. The zero-order valence-electron chi connectivity index (χ0n) is 29.3. The summed E-state index contributed by atoms with van der Waals surface area (Å²) >= 11 is 0. The Morgan fingerprint density at radius 2 is 0.628 bits per heavy atom. The van der Waals surface area contributed by atoms with E-state index in [4.69, 9.17) is 0 Å². The van der Waals surface area contributed by atoms with Crippen LogP contribution >= 0.6 is 0 Å². The Balaban J connectivity index is 1.93. The molecule has 4 nitrogen and oxygen atoms in total. The average molecular weight is 605 g/mol. The Labute approximate surface area is 269 Å². The van der Waals surface area contributed by atoms with E-state index in [1.165, 1.54) is 167 Å². The Bertz CT molecular complexity index is 570. The van der Waals surface area contributed by atoms with Crippen molar-refractivity contribution in [1.29, 1.82) is 0 Å². The van der Waals surface area contributed by atoms with Crippen LogP contribution in [0.25, 0.3) is 0 Å². The monoisotopic (exact) mass is 605 g/mol. The van der Waals surface area contributed by atoms with Crippen LogP contribution in [-0.2, 0) is 9.59 Å². The molecule has 0 unspecified atom stereocenters.